The van der Waals surface area contributed by atoms with Crippen LogP contribution in [0.3, 0.4) is 0 Å². The summed E-state index contributed by atoms with van der Waals surface area (Å²) in [7, 11) is 0. The van der Waals surface area contributed by atoms with Crippen LogP contribution in [-0.4, -0.2) is 6.04 Å². The SMILES string of the molecule is Fc1cccc(C2CC(Nc3cc(Br)c(F)cc3F)C2)c1. The molecule has 0 spiro atoms. The smallest absolute Gasteiger partial charge is 0.149 e. The van der Waals surface area contributed by atoms with Crippen LogP contribution in [0.2, 0.25) is 0 Å². The van der Waals surface area contributed by atoms with E-state index in [0.29, 0.717) is 0 Å². The molecule has 0 aliphatic heterocycles. The number of halogens is 4. The molecule has 0 amide bonds. The highest BCUT2D eigenvalue weighted by Crippen LogP contribution is 2.39. The summed E-state index contributed by atoms with van der Waals surface area (Å²) in [6, 6.07) is 8.93. The van der Waals surface area contributed by atoms with Crippen LogP contribution in [-0.2, 0) is 0 Å². The van der Waals surface area contributed by atoms with Crippen molar-refractivity contribution in [3.8, 4) is 0 Å². The van der Waals surface area contributed by atoms with Crippen LogP contribution in [0.4, 0.5) is 18.9 Å². The number of hydrogen-bond donors (Lipinski definition) is 1. The predicted molar refractivity (Wildman–Crippen MR) is 79.8 cm³/mol. The molecule has 110 valence electrons. The zero-order valence-electron chi connectivity index (χ0n) is 11.0. The fourth-order valence-electron chi connectivity index (χ4n) is 2.62. The maximum Gasteiger partial charge on any atom is 0.149 e. The molecule has 5 heteroatoms. The minimum atomic E-state index is -0.621. The average Bonchev–Trinajstić information content (AvgIpc) is 2.39. The Hall–Kier alpha value is -1.49. The Morgan fingerprint density at radius 2 is 1.76 bits per heavy atom. The first-order chi connectivity index (χ1) is 10.0. The van der Waals surface area contributed by atoms with Crippen molar-refractivity contribution in [2.45, 2.75) is 24.8 Å². The van der Waals surface area contributed by atoms with Crippen LogP contribution in [0.25, 0.3) is 0 Å². The summed E-state index contributed by atoms with van der Waals surface area (Å²) >= 11 is 3.04. The molecule has 1 fully saturated rings. The van der Waals surface area contributed by atoms with E-state index in [2.05, 4.69) is 21.2 Å². The molecule has 3 rings (SSSR count). The van der Waals surface area contributed by atoms with Crippen molar-refractivity contribution in [2.24, 2.45) is 0 Å². The third-order valence-electron chi connectivity index (χ3n) is 3.83. The fraction of sp³-hybridized carbons (Fsp3) is 0.250. The van der Waals surface area contributed by atoms with Crippen molar-refractivity contribution in [1.29, 1.82) is 0 Å². The van der Waals surface area contributed by atoms with Gasteiger partial charge in [-0.25, -0.2) is 13.2 Å². The zero-order chi connectivity index (χ0) is 15.0. The summed E-state index contributed by atoms with van der Waals surface area (Å²) in [5, 5.41) is 3.06. The summed E-state index contributed by atoms with van der Waals surface area (Å²) < 4.78 is 40.2. The van der Waals surface area contributed by atoms with E-state index in [1.54, 1.807) is 6.07 Å². The van der Waals surface area contributed by atoms with E-state index in [1.165, 1.54) is 18.2 Å². The Morgan fingerprint density at radius 3 is 2.48 bits per heavy atom. The largest absolute Gasteiger partial charge is 0.380 e. The normalized spacial score (nSPS) is 21.0. The van der Waals surface area contributed by atoms with Gasteiger partial charge >= 0.3 is 0 Å². The topological polar surface area (TPSA) is 12.0 Å². The first-order valence-electron chi connectivity index (χ1n) is 6.69. The number of benzene rings is 2. The van der Waals surface area contributed by atoms with Gasteiger partial charge in [0, 0.05) is 12.1 Å². The van der Waals surface area contributed by atoms with Crippen LogP contribution in [0.5, 0.6) is 0 Å². The number of hydrogen-bond acceptors (Lipinski definition) is 1. The summed E-state index contributed by atoms with van der Waals surface area (Å²) in [4.78, 5) is 0. The summed E-state index contributed by atoms with van der Waals surface area (Å²) in [5.74, 6) is -1.18. The van der Waals surface area contributed by atoms with Crippen molar-refractivity contribution in [3.05, 3.63) is 63.9 Å². The van der Waals surface area contributed by atoms with Gasteiger partial charge in [0.15, 0.2) is 0 Å². The lowest BCUT2D eigenvalue weighted by Crippen LogP contribution is -2.34. The van der Waals surface area contributed by atoms with Gasteiger partial charge < -0.3 is 5.32 Å². The van der Waals surface area contributed by atoms with Crippen molar-refractivity contribution < 1.29 is 13.2 Å². The van der Waals surface area contributed by atoms with Gasteiger partial charge in [0.1, 0.15) is 17.5 Å². The lowest BCUT2D eigenvalue weighted by Gasteiger charge is -2.37. The van der Waals surface area contributed by atoms with E-state index in [9.17, 15) is 13.2 Å². The molecule has 0 atom stereocenters. The maximum atomic E-state index is 13.7. The van der Waals surface area contributed by atoms with Crippen molar-refractivity contribution in [1.82, 2.24) is 0 Å². The van der Waals surface area contributed by atoms with Gasteiger partial charge in [-0.05, 0) is 58.5 Å². The Balaban J connectivity index is 1.64. The molecular weight excluding hydrogens is 343 g/mol. The van der Waals surface area contributed by atoms with Crippen molar-refractivity contribution in [2.75, 3.05) is 5.32 Å². The maximum absolute atomic E-state index is 13.7. The molecule has 1 aliphatic rings. The lowest BCUT2D eigenvalue weighted by atomic mass is 9.76. The Morgan fingerprint density at radius 1 is 1.00 bits per heavy atom. The molecule has 2 aromatic rings. The lowest BCUT2D eigenvalue weighted by molar-refractivity contribution is 0.371. The van der Waals surface area contributed by atoms with Crippen molar-refractivity contribution in [3.63, 3.8) is 0 Å². The van der Waals surface area contributed by atoms with E-state index in [1.807, 2.05) is 6.07 Å². The van der Waals surface area contributed by atoms with E-state index in [-0.39, 0.29) is 27.9 Å². The monoisotopic (exact) mass is 355 g/mol. The van der Waals surface area contributed by atoms with Gasteiger partial charge in [-0.3, -0.25) is 0 Å². The van der Waals surface area contributed by atoms with Gasteiger partial charge in [-0.1, -0.05) is 12.1 Å². The van der Waals surface area contributed by atoms with E-state index < -0.39 is 11.6 Å². The van der Waals surface area contributed by atoms with Crippen LogP contribution in [0.1, 0.15) is 24.3 Å². The minimum absolute atomic E-state index is 0.116. The van der Waals surface area contributed by atoms with Crippen LogP contribution in [0.15, 0.2) is 40.9 Å². The van der Waals surface area contributed by atoms with E-state index >= 15 is 0 Å². The highest BCUT2D eigenvalue weighted by molar-refractivity contribution is 9.10. The number of rotatable bonds is 3. The third kappa shape index (κ3) is 3.07. The van der Waals surface area contributed by atoms with E-state index in [4.69, 9.17) is 0 Å². The van der Waals surface area contributed by atoms with Gasteiger partial charge in [0.2, 0.25) is 0 Å². The molecule has 0 radical (unpaired) electrons. The van der Waals surface area contributed by atoms with Gasteiger partial charge in [-0.2, -0.15) is 0 Å². The second-order valence-corrected chi connectivity index (χ2v) is 6.17. The van der Waals surface area contributed by atoms with Crippen LogP contribution < -0.4 is 5.32 Å². The third-order valence-corrected chi connectivity index (χ3v) is 4.44. The summed E-state index contributed by atoms with van der Waals surface area (Å²) in [6.07, 6.45) is 1.61. The summed E-state index contributed by atoms with van der Waals surface area (Å²) in [5.41, 5.74) is 1.25. The van der Waals surface area contributed by atoms with Gasteiger partial charge in [-0.15, -0.1) is 0 Å². The molecular formula is C16H13BrF3N. The molecule has 0 unspecified atom stereocenters. The van der Waals surface area contributed by atoms with Crippen molar-refractivity contribution >= 4 is 21.6 Å². The molecule has 2 aromatic carbocycles. The highest BCUT2D eigenvalue weighted by atomic mass is 79.9. The fourth-order valence-corrected chi connectivity index (χ4v) is 2.96. The van der Waals surface area contributed by atoms with Crippen LogP contribution in [0, 0.1) is 17.5 Å². The molecule has 0 bridgehead atoms. The van der Waals surface area contributed by atoms with E-state index in [0.717, 1.165) is 24.5 Å². The number of nitrogens with one attached hydrogen (secondary N) is 1. The molecule has 1 saturated carbocycles. The molecule has 1 N–H and O–H groups in total. The first-order valence-corrected chi connectivity index (χ1v) is 7.49. The molecule has 1 nitrogen and oxygen atoms in total. The molecule has 0 heterocycles. The highest BCUT2D eigenvalue weighted by Gasteiger charge is 2.31. The predicted octanol–water partition coefficient (Wildman–Crippen LogP) is 5.22. The molecule has 0 saturated heterocycles. The first kappa shape index (κ1) is 14.4. The Kier molecular flexibility index (Phi) is 3.93. The molecule has 21 heavy (non-hydrogen) atoms. The van der Waals surface area contributed by atoms with Gasteiger partial charge in [0.25, 0.3) is 0 Å². The second kappa shape index (κ2) is 5.72. The molecule has 0 aromatic heterocycles. The number of anilines is 1. The summed E-state index contributed by atoms with van der Waals surface area (Å²) in [6.45, 7) is 0. The molecule has 1 aliphatic carbocycles. The quantitative estimate of drug-likeness (QED) is 0.743. The second-order valence-electron chi connectivity index (χ2n) is 5.31. The Labute approximate surface area is 129 Å². The Bertz CT molecular complexity index is 669. The minimum Gasteiger partial charge on any atom is -0.380 e. The van der Waals surface area contributed by atoms with Gasteiger partial charge in [0.05, 0.1) is 10.2 Å². The average molecular weight is 356 g/mol. The zero-order valence-corrected chi connectivity index (χ0v) is 12.6. The van der Waals surface area contributed by atoms with Crippen LogP contribution >= 0.6 is 15.9 Å². The standard InChI is InChI=1S/C16H13BrF3N/c17-13-7-16(15(20)8-14(13)19)21-12-5-10(6-12)9-2-1-3-11(18)4-9/h1-4,7-8,10,12,21H,5-6H2.